The van der Waals surface area contributed by atoms with Crippen molar-refractivity contribution in [3.8, 4) is 0 Å². The molecule has 1 aliphatic heterocycles. The van der Waals surface area contributed by atoms with Gasteiger partial charge in [0.2, 0.25) is 0 Å². The number of piperidine rings is 1. The molecule has 1 saturated heterocycles. The van der Waals surface area contributed by atoms with Crippen LogP contribution < -0.4 is 5.32 Å². The minimum Gasteiger partial charge on any atom is -0.311 e. The van der Waals surface area contributed by atoms with Gasteiger partial charge in [-0.15, -0.1) is 12.4 Å². The summed E-state index contributed by atoms with van der Waals surface area (Å²) in [5.74, 6) is -2.64. The maximum atomic E-state index is 13.3. The second-order valence-corrected chi connectivity index (χ2v) is 4.68. The minimum atomic E-state index is -2.57. The first-order chi connectivity index (χ1) is 7.49. The van der Waals surface area contributed by atoms with E-state index in [1.807, 2.05) is 32.0 Å². The van der Waals surface area contributed by atoms with Crippen molar-refractivity contribution < 1.29 is 8.78 Å². The molecule has 1 unspecified atom stereocenters. The highest BCUT2D eigenvalue weighted by molar-refractivity contribution is 5.85. The third kappa shape index (κ3) is 3.17. The minimum absolute atomic E-state index is 0. The van der Waals surface area contributed by atoms with Gasteiger partial charge in [0, 0.05) is 18.9 Å². The number of rotatable bonds is 1. The molecule has 17 heavy (non-hydrogen) atoms. The van der Waals surface area contributed by atoms with Crippen LogP contribution in [0.25, 0.3) is 0 Å². The van der Waals surface area contributed by atoms with E-state index in [1.165, 1.54) is 5.56 Å². The molecule has 1 aromatic carbocycles. The van der Waals surface area contributed by atoms with Gasteiger partial charge < -0.3 is 5.32 Å². The van der Waals surface area contributed by atoms with Crippen molar-refractivity contribution in [1.29, 1.82) is 0 Å². The van der Waals surface area contributed by atoms with Crippen LogP contribution in [-0.2, 0) is 0 Å². The third-order valence-corrected chi connectivity index (χ3v) is 3.41. The lowest BCUT2D eigenvalue weighted by Gasteiger charge is -2.31. The summed E-state index contributed by atoms with van der Waals surface area (Å²) >= 11 is 0. The SMILES string of the molecule is Cc1cccc(C2CNCC(F)(F)C2)c1C.Cl. The molecule has 0 aliphatic carbocycles. The van der Waals surface area contributed by atoms with Gasteiger partial charge in [-0.3, -0.25) is 0 Å². The average molecular weight is 262 g/mol. The molecule has 0 bridgehead atoms. The van der Waals surface area contributed by atoms with Gasteiger partial charge in [-0.05, 0) is 30.5 Å². The molecule has 0 radical (unpaired) electrons. The Bertz CT molecular complexity index is 393. The van der Waals surface area contributed by atoms with E-state index in [1.54, 1.807) is 0 Å². The van der Waals surface area contributed by atoms with E-state index >= 15 is 0 Å². The molecule has 0 amide bonds. The zero-order valence-electron chi connectivity index (χ0n) is 10.1. The van der Waals surface area contributed by atoms with Crippen molar-refractivity contribution in [3.63, 3.8) is 0 Å². The van der Waals surface area contributed by atoms with Crippen LogP contribution in [0, 0.1) is 13.8 Å². The van der Waals surface area contributed by atoms with Crippen molar-refractivity contribution in [2.24, 2.45) is 0 Å². The predicted molar refractivity (Wildman–Crippen MR) is 68.3 cm³/mol. The summed E-state index contributed by atoms with van der Waals surface area (Å²) in [7, 11) is 0. The smallest absolute Gasteiger partial charge is 0.260 e. The molecule has 1 heterocycles. The predicted octanol–water partition coefficient (Wildman–Crippen LogP) is 3.44. The standard InChI is InChI=1S/C13H17F2N.ClH/c1-9-4-3-5-12(10(9)2)11-6-13(14,15)8-16-7-11;/h3-5,11,16H,6-8H2,1-2H3;1H. The number of hydrogen-bond donors (Lipinski definition) is 1. The fourth-order valence-electron chi connectivity index (χ4n) is 2.37. The van der Waals surface area contributed by atoms with Crippen LogP contribution in [0.3, 0.4) is 0 Å². The molecule has 1 nitrogen and oxygen atoms in total. The Morgan fingerprint density at radius 1 is 1.29 bits per heavy atom. The van der Waals surface area contributed by atoms with Gasteiger partial charge in [-0.1, -0.05) is 18.2 Å². The van der Waals surface area contributed by atoms with E-state index in [0.29, 0.717) is 6.54 Å². The summed E-state index contributed by atoms with van der Waals surface area (Å²) in [6, 6.07) is 5.94. The molecule has 0 aromatic heterocycles. The Hall–Kier alpha value is -0.670. The van der Waals surface area contributed by atoms with Crippen LogP contribution in [-0.4, -0.2) is 19.0 Å². The molecule has 0 spiro atoms. The van der Waals surface area contributed by atoms with E-state index in [2.05, 4.69) is 5.32 Å². The zero-order chi connectivity index (χ0) is 11.8. The zero-order valence-corrected chi connectivity index (χ0v) is 10.9. The number of nitrogens with one attached hydrogen (secondary N) is 1. The van der Waals surface area contributed by atoms with E-state index in [4.69, 9.17) is 0 Å². The normalized spacial score (nSPS) is 22.9. The van der Waals surface area contributed by atoms with Crippen molar-refractivity contribution in [1.82, 2.24) is 5.32 Å². The molecule has 1 aromatic rings. The summed E-state index contributed by atoms with van der Waals surface area (Å²) in [4.78, 5) is 0. The van der Waals surface area contributed by atoms with Crippen LogP contribution in [0.2, 0.25) is 0 Å². The Morgan fingerprint density at radius 3 is 2.65 bits per heavy atom. The monoisotopic (exact) mass is 261 g/mol. The van der Waals surface area contributed by atoms with Gasteiger partial charge in [-0.25, -0.2) is 8.78 Å². The molecule has 0 saturated carbocycles. The number of halogens is 3. The summed E-state index contributed by atoms with van der Waals surface area (Å²) in [5.41, 5.74) is 3.38. The van der Waals surface area contributed by atoms with Crippen molar-refractivity contribution in [2.75, 3.05) is 13.1 Å². The fourth-order valence-corrected chi connectivity index (χ4v) is 2.37. The molecule has 1 fully saturated rings. The van der Waals surface area contributed by atoms with Gasteiger partial charge in [0.1, 0.15) is 0 Å². The first kappa shape index (κ1) is 14.4. The number of aryl methyl sites for hydroxylation is 1. The first-order valence-electron chi connectivity index (χ1n) is 5.64. The van der Waals surface area contributed by atoms with E-state index in [0.717, 1.165) is 11.1 Å². The van der Waals surface area contributed by atoms with E-state index in [9.17, 15) is 8.78 Å². The van der Waals surface area contributed by atoms with Crippen LogP contribution >= 0.6 is 12.4 Å². The fraction of sp³-hybridized carbons (Fsp3) is 0.538. The Kier molecular flexibility index (Phi) is 4.50. The molecular formula is C13H18ClF2N. The third-order valence-electron chi connectivity index (χ3n) is 3.41. The highest BCUT2D eigenvalue weighted by Gasteiger charge is 2.37. The second kappa shape index (κ2) is 5.32. The average Bonchev–Trinajstić information content (AvgIpc) is 2.20. The maximum Gasteiger partial charge on any atom is 0.260 e. The topological polar surface area (TPSA) is 12.0 Å². The highest BCUT2D eigenvalue weighted by Crippen LogP contribution is 2.34. The maximum absolute atomic E-state index is 13.3. The highest BCUT2D eigenvalue weighted by atomic mass is 35.5. The van der Waals surface area contributed by atoms with E-state index in [-0.39, 0.29) is 31.3 Å². The van der Waals surface area contributed by atoms with Gasteiger partial charge >= 0.3 is 0 Å². The van der Waals surface area contributed by atoms with Gasteiger partial charge in [0.05, 0.1) is 6.54 Å². The largest absolute Gasteiger partial charge is 0.311 e. The molecule has 2 rings (SSSR count). The molecule has 1 aliphatic rings. The van der Waals surface area contributed by atoms with Gasteiger partial charge in [0.15, 0.2) is 0 Å². The van der Waals surface area contributed by atoms with Gasteiger partial charge in [-0.2, -0.15) is 0 Å². The van der Waals surface area contributed by atoms with Crippen LogP contribution in [0.4, 0.5) is 8.78 Å². The lowest BCUT2D eigenvalue weighted by molar-refractivity contribution is -0.0278. The quantitative estimate of drug-likeness (QED) is 0.817. The molecule has 96 valence electrons. The van der Waals surface area contributed by atoms with E-state index < -0.39 is 5.92 Å². The summed E-state index contributed by atoms with van der Waals surface area (Å²) in [6.45, 7) is 4.50. The van der Waals surface area contributed by atoms with Crippen LogP contribution in [0.15, 0.2) is 18.2 Å². The number of benzene rings is 1. The van der Waals surface area contributed by atoms with Crippen LogP contribution in [0.5, 0.6) is 0 Å². The lowest BCUT2D eigenvalue weighted by atomic mass is 9.86. The Morgan fingerprint density at radius 2 is 2.00 bits per heavy atom. The second-order valence-electron chi connectivity index (χ2n) is 4.68. The van der Waals surface area contributed by atoms with Crippen LogP contribution in [0.1, 0.15) is 29.0 Å². The summed E-state index contributed by atoms with van der Waals surface area (Å²) in [5, 5.41) is 2.82. The molecular weight excluding hydrogens is 244 g/mol. The van der Waals surface area contributed by atoms with Gasteiger partial charge in [0.25, 0.3) is 5.92 Å². The number of hydrogen-bond acceptors (Lipinski definition) is 1. The molecule has 1 atom stereocenters. The van der Waals surface area contributed by atoms with Crippen molar-refractivity contribution in [3.05, 3.63) is 34.9 Å². The molecule has 4 heteroatoms. The lowest BCUT2D eigenvalue weighted by Crippen LogP contribution is -2.43. The Labute approximate surface area is 107 Å². The van der Waals surface area contributed by atoms with Crippen molar-refractivity contribution >= 4 is 12.4 Å². The molecule has 1 N–H and O–H groups in total. The first-order valence-corrected chi connectivity index (χ1v) is 5.64. The number of alkyl halides is 2. The summed E-state index contributed by atoms with van der Waals surface area (Å²) in [6.07, 6.45) is -0.0374. The van der Waals surface area contributed by atoms with Crippen molar-refractivity contribution in [2.45, 2.75) is 32.1 Å². The Balaban J connectivity index is 0.00000144. The summed E-state index contributed by atoms with van der Waals surface area (Å²) < 4.78 is 26.6.